The van der Waals surface area contributed by atoms with E-state index in [4.69, 9.17) is 4.74 Å². The summed E-state index contributed by atoms with van der Waals surface area (Å²) in [6, 6.07) is 1.39. The highest BCUT2D eigenvalue weighted by Crippen LogP contribution is 2.24. The third-order valence-corrected chi connectivity index (χ3v) is 2.57. The average molecular weight is 297 g/mol. The van der Waals surface area contributed by atoms with E-state index < -0.39 is 24.8 Å². The van der Waals surface area contributed by atoms with Gasteiger partial charge in [0.25, 0.3) is 0 Å². The standard InChI is InChI=1S/C10H10F3NO4S/c1-2-17-8(15)6-3-4-19-7(6)14-9(16)18-5-10(11,12)13/h3-4H,2,5H2,1H3,(H,14,16). The van der Waals surface area contributed by atoms with Gasteiger partial charge >= 0.3 is 18.2 Å². The number of esters is 1. The first-order valence-corrected chi connectivity index (χ1v) is 5.96. The van der Waals surface area contributed by atoms with Gasteiger partial charge in [-0.3, -0.25) is 5.32 Å². The Morgan fingerprint density at radius 3 is 2.63 bits per heavy atom. The van der Waals surface area contributed by atoms with Crippen molar-refractivity contribution in [3.8, 4) is 0 Å². The van der Waals surface area contributed by atoms with Crippen LogP contribution in [0, 0.1) is 0 Å². The highest BCUT2D eigenvalue weighted by Gasteiger charge is 2.30. The van der Waals surface area contributed by atoms with Crippen LogP contribution in [0.1, 0.15) is 17.3 Å². The Labute approximate surface area is 110 Å². The maximum Gasteiger partial charge on any atom is 0.422 e. The molecule has 0 aliphatic carbocycles. The van der Waals surface area contributed by atoms with E-state index in [1.54, 1.807) is 6.92 Å². The molecule has 0 aromatic carbocycles. The summed E-state index contributed by atoms with van der Waals surface area (Å²) in [5.74, 6) is -0.671. The predicted octanol–water partition coefficient (Wildman–Crippen LogP) is 3.04. The summed E-state index contributed by atoms with van der Waals surface area (Å²) in [5, 5.41) is 3.63. The molecule has 0 saturated heterocycles. The number of rotatable bonds is 4. The van der Waals surface area contributed by atoms with Crippen LogP contribution < -0.4 is 5.32 Å². The normalized spacial score (nSPS) is 10.9. The third kappa shape index (κ3) is 5.16. The van der Waals surface area contributed by atoms with Crippen molar-refractivity contribution < 1.29 is 32.2 Å². The lowest BCUT2D eigenvalue weighted by molar-refractivity contribution is -0.159. The molecule has 1 aromatic heterocycles. The molecular formula is C10H10F3NO4S. The molecule has 0 atom stereocenters. The number of carbonyl (C=O) groups is 2. The number of nitrogens with one attached hydrogen (secondary N) is 1. The number of hydrogen-bond donors (Lipinski definition) is 1. The van der Waals surface area contributed by atoms with Gasteiger partial charge in [0.05, 0.1) is 12.2 Å². The van der Waals surface area contributed by atoms with Gasteiger partial charge in [-0.25, -0.2) is 9.59 Å². The molecule has 1 heterocycles. The molecule has 0 unspecified atom stereocenters. The van der Waals surface area contributed by atoms with E-state index in [1.165, 1.54) is 11.4 Å². The summed E-state index contributed by atoms with van der Waals surface area (Å²) in [5.41, 5.74) is 0.0656. The van der Waals surface area contributed by atoms with Crippen molar-refractivity contribution in [3.63, 3.8) is 0 Å². The van der Waals surface area contributed by atoms with Gasteiger partial charge in [0.2, 0.25) is 0 Å². The second-order valence-corrected chi connectivity index (χ2v) is 4.12. The van der Waals surface area contributed by atoms with Crippen LogP contribution in [0.3, 0.4) is 0 Å². The maximum absolute atomic E-state index is 11.8. The van der Waals surface area contributed by atoms with E-state index in [0.29, 0.717) is 0 Å². The van der Waals surface area contributed by atoms with Gasteiger partial charge in [-0.15, -0.1) is 11.3 Å². The second-order valence-electron chi connectivity index (χ2n) is 3.20. The lowest BCUT2D eigenvalue weighted by Crippen LogP contribution is -2.23. The Bertz CT molecular complexity index is 458. The molecule has 106 valence electrons. The van der Waals surface area contributed by atoms with Crippen molar-refractivity contribution in [2.75, 3.05) is 18.5 Å². The number of carbonyl (C=O) groups excluding carboxylic acids is 2. The fourth-order valence-electron chi connectivity index (χ4n) is 1.05. The van der Waals surface area contributed by atoms with Crippen molar-refractivity contribution in [2.45, 2.75) is 13.1 Å². The molecule has 19 heavy (non-hydrogen) atoms. The van der Waals surface area contributed by atoms with Crippen LogP contribution >= 0.6 is 11.3 Å². The summed E-state index contributed by atoms with van der Waals surface area (Å²) in [4.78, 5) is 22.5. The number of amides is 1. The molecule has 0 aliphatic rings. The van der Waals surface area contributed by atoms with E-state index in [2.05, 4.69) is 10.1 Å². The largest absolute Gasteiger partial charge is 0.462 e. The second kappa shape index (κ2) is 6.41. The average Bonchev–Trinajstić information content (AvgIpc) is 2.74. The molecule has 0 aliphatic heterocycles. The van der Waals surface area contributed by atoms with Gasteiger partial charge in [-0.2, -0.15) is 13.2 Å². The summed E-state index contributed by atoms with van der Waals surface area (Å²) in [6.07, 6.45) is -5.89. The summed E-state index contributed by atoms with van der Waals surface area (Å²) < 4.78 is 44.2. The van der Waals surface area contributed by atoms with Gasteiger partial charge in [-0.05, 0) is 18.4 Å². The number of halogens is 3. The number of alkyl halides is 3. The molecule has 1 rings (SSSR count). The van der Waals surface area contributed by atoms with Gasteiger partial charge in [0.1, 0.15) is 5.00 Å². The Morgan fingerprint density at radius 1 is 1.37 bits per heavy atom. The minimum atomic E-state index is -4.60. The third-order valence-electron chi connectivity index (χ3n) is 1.74. The van der Waals surface area contributed by atoms with E-state index in [9.17, 15) is 22.8 Å². The summed E-state index contributed by atoms with van der Waals surface area (Å²) >= 11 is 0.971. The van der Waals surface area contributed by atoms with E-state index in [1.807, 2.05) is 0 Å². The molecule has 0 fully saturated rings. The molecule has 9 heteroatoms. The number of thiophene rings is 1. The van der Waals surface area contributed by atoms with Crippen LogP contribution in [-0.4, -0.2) is 31.5 Å². The Kier molecular flexibility index (Phi) is 5.16. The number of hydrogen-bond acceptors (Lipinski definition) is 5. The zero-order valence-corrected chi connectivity index (χ0v) is 10.6. The summed E-state index contributed by atoms with van der Waals surface area (Å²) in [6.45, 7) is 0.0561. The minimum absolute atomic E-state index is 0.0656. The van der Waals surface area contributed by atoms with Crippen LogP contribution in [0.25, 0.3) is 0 Å². The van der Waals surface area contributed by atoms with Gasteiger partial charge in [0.15, 0.2) is 6.61 Å². The van der Waals surface area contributed by atoms with Crippen molar-refractivity contribution >= 4 is 28.4 Å². The quantitative estimate of drug-likeness (QED) is 0.868. The first-order chi connectivity index (χ1) is 8.83. The summed E-state index contributed by atoms with van der Waals surface area (Å²) in [7, 11) is 0. The van der Waals surface area contributed by atoms with E-state index >= 15 is 0 Å². The fourth-order valence-corrected chi connectivity index (χ4v) is 1.81. The molecule has 0 saturated carbocycles. The fraction of sp³-hybridized carbons (Fsp3) is 0.400. The molecule has 0 spiro atoms. The Balaban J connectivity index is 2.60. The molecular weight excluding hydrogens is 287 g/mol. The van der Waals surface area contributed by atoms with Gasteiger partial charge in [0, 0.05) is 0 Å². The van der Waals surface area contributed by atoms with Gasteiger partial charge < -0.3 is 9.47 Å². The van der Waals surface area contributed by atoms with Crippen molar-refractivity contribution in [2.24, 2.45) is 0 Å². The van der Waals surface area contributed by atoms with Crippen LogP contribution in [0.15, 0.2) is 11.4 Å². The lowest BCUT2D eigenvalue weighted by Gasteiger charge is -2.09. The highest BCUT2D eigenvalue weighted by molar-refractivity contribution is 7.14. The first-order valence-electron chi connectivity index (χ1n) is 5.08. The van der Waals surface area contributed by atoms with Crippen LogP contribution in [0.2, 0.25) is 0 Å². The minimum Gasteiger partial charge on any atom is -0.462 e. The smallest absolute Gasteiger partial charge is 0.422 e. The highest BCUT2D eigenvalue weighted by atomic mass is 32.1. The number of ether oxygens (including phenoxy) is 2. The molecule has 0 radical (unpaired) electrons. The van der Waals surface area contributed by atoms with Crippen molar-refractivity contribution in [1.29, 1.82) is 0 Å². The van der Waals surface area contributed by atoms with E-state index in [-0.39, 0.29) is 17.2 Å². The lowest BCUT2D eigenvalue weighted by atomic mass is 10.3. The molecule has 0 bridgehead atoms. The van der Waals surface area contributed by atoms with Gasteiger partial charge in [-0.1, -0.05) is 0 Å². The van der Waals surface area contributed by atoms with Crippen molar-refractivity contribution in [3.05, 3.63) is 17.0 Å². The topological polar surface area (TPSA) is 64.6 Å². The maximum atomic E-state index is 11.8. The molecule has 5 nitrogen and oxygen atoms in total. The Hall–Kier alpha value is -1.77. The monoisotopic (exact) mass is 297 g/mol. The van der Waals surface area contributed by atoms with Crippen LogP contribution in [0.4, 0.5) is 23.0 Å². The first kappa shape index (κ1) is 15.3. The van der Waals surface area contributed by atoms with E-state index in [0.717, 1.165) is 11.3 Å². The molecule has 1 N–H and O–H groups in total. The molecule has 1 amide bonds. The van der Waals surface area contributed by atoms with Crippen LogP contribution in [-0.2, 0) is 9.47 Å². The zero-order chi connectivity index (χ0) is 14.5. The van der Waals surface area contributed by atoms with Crippen LogP contribution in [0.5, 0.6) is 0 Å². The zero-order valence-electron chi connectivity index (χ0n) is 9.74. The predicted molar refractivity (Wildman–Crippen MR) is 61.3 cm³/mol. The molecule has 1 aromatic rings. The Morgan fingerprint density at radius 2 is 2.05 bits per heavy atom. The number of anilines is 1. The van der Waals surface area contributed by atoms with Crippen molar-refractivity contribution in [1.82, 2.24) is 0 Å². The SMILES string of the molecule is CCOC(=O)c1ccsc1NC(=O)OCC(F)(F)F.